The van der Waals surface area contributed by atoms with Crippen molar-refractivity contribution in [3.8, 4) is 22.7 Å². The van der Waals surface area contributed by atoms with Crippen molar-refractivity contribution in [1.29, 1.82) is 0 Å². The highest BCUT2D eigenvalue weighted by atomic mass is 35.5. The summed E-state index contributed by atoms with van der Waals surface area (Å²) in [7, 11) is 1.63. The highest BCUT2D eigenvalue weighted by molar-refractivity contribution is 6.42. The summed E-state index contributed by atoms with van der Waals surface area (Å²) in [4.78, 5) is 0. The Balaban J connectivity index is 2.00. The first kappa shape index (κ1) is 14.8. The second-order valence-corrected chi connectivity index (χ2v) is 5.51. The monoisotopic (exact) mass is 333 g/mol. The van der Waals surface area contributed by atoms with Crippen LogP contribution in [0.3, 0.4) is 0 Å². The third kappa shape index (κ3) is 2.75. The molecule has 0 saturated heterocycles. The minimum absolute atomic E-state index is 0.458. The van der Waals surface area contributed by atoms with Gasteiger partial charge in [-0.25, -0.2) is 4.68 Å². The van der Waals surface area contributed by atoms with E-state index in [1.807, 2.05) is 36.4 Å². The predicted molar refractivity (Wildman–Crippen MR) is 90.0 cm³/mol. The lowest BCUT2D eigenvalue weighted by Crippen LogP contribution is -2.01. The molecule has 4 nitrogen and oxygen atoms in total. The van der Waals surface area contributed by atoms with Crippen LogP contribution < -0.4 is 10.5 Å². The van der Waals surface area contributed by atoms with Gasteiger partial charge in [-0.3, -0.25) is 0 Å². The highest BCUT2D eigenvalue weighted by Gasteiger charge is 2.10. The van der Waals surface area contributed by atoms with E-state index in [0.29, 0.717) is 15.9 Å². The first-order valence-electron chi connectivity index (χ1n) is 6.54. The zero-order chi connectivity index (χ0) is 15.7. The van der Waals surface area contributed by atoms with Gasteiger partial charge in [0, 0.05) is 11.6 Å². The second-order valence-electron chi connectivity index (χ2n) is 4.69. The van der Waals surface area contributed by atoms with E-state index in [9.17, 15) is 0 Å². The molecule has 3 rings (SSSR count). The number of hydrogen-bond acceptors (Lipinski definition) is 3. The molecule has 0 aliphatic rings. The van der Waals surface area contributed by atoms with Crippen molar-refractivity contribution < 1.29 is 4.74 Å². The molecule has 0 saturated carbocycles. The molecule has 2 N–H and O–H groups in total. The van der Waals surface area contributed by atoms with E-state index >= 15 is 0 Å². The number of ether oxygens (including phenoxy) is 1. The molecule has 0 aliphatic carbocycles. The lowest BCUT2D eigenvalue weighted by Gasteiger charge is -2.05. The van der Waals surface area contributed by atoms with Crippen molar-refractivity contribution in [2.24, 2.45) is 0 Å². The van der Waals surface area contributed by atoms with Gasteiger partial charge in [-0.2, -0.15) is 5.10 Å². The van der Waals surface area contributed by atoms with Gasteiger partial charge < -0.3 is 10.5 Å². The van der Waals surface area contributed by atoms with Crippen molar-refractivity contribution in [3.63, 3.8) is 0 Å². The topological polar surface area (TPSA) is 53.1 Å². The molecular formula is C16H13Cl2N3O. The van der Waals surface area contributed by atoms with Crippen LogP contribution in [0, 0.1) is 0 Å². The van der Waals surface area contributed by atoms with E-state index in [4.69, 9.17) is 33.7 Å². The Kier molecular flexibility index (Phi) is 3.96. The Morgan fingerprint density at radius 2 is 1.73 bits per heavy atom. The summed E-state index contributed by atoms with van der Waals surface area (Å²) < 4.78 is 6.78. The van der Waals surface area contributed by atoms with Gasteiger partial charge >= 0.3 is 0 Å². The summed E-state index contributed by atoms with van der Waals surface area (Å²) in [5.74, 6) is 1.31. The molecule has 2 aromatic carbocycles. The number of nitrogens with two attached hydrogens (primary N) is 1. The molecule has 1 aromatic heterocycles. The quantitative estimate of drug-likeness (QED) is 0.770. The van der Waals surface area contributed by atoms with Crippen molar-refractivity contribution >= 4 is 29.0 Å². The van der Waals surface area contributed by atoms with Crippen LogP contribution in [0.15, 0.2) is 48.5 Å². The molecule has 0 atom stereocenters. The number of hydrogen-bond donors (Lipinski definition) is 1. The first-order chi connectivity index (χ1) is 10.6. The van der Waals surface area contributed by atoms with Crippen LogP contribution in [0.1, 0.15) is 0 Å². The molecule has 3 aromatic rings. The Bertz CT molecular complexity index is 813. The maximum absolute atomic E-state index is 6.05. The number of nitrogens with zero attached hydrogens (tertiary/aromatic N) is 2. The third-order valence-electron chi connectivity index (χ3n) is 3.27. The zero-order valence-corrected chi connectivity index (χ0v) is 13.3. The number of aromatic nitrogens is 2. The summed E-state index contributed by atoms with van der Waals surface area (Å²) in [6.07, 6.45) is 0. The first-order valence-corrected chi connectivity index (χ1v) is 7.29. The fourth-order valence-electron chi connectivity index (χ4n) is 2.12. The fourth-order valence-corrected chi connectivity index (χ4v) is 2.41. The maximum Gasteiger partial charge on any atom is 0.127 e. The summed E-state index contributed by atoms with van der Waals surface area (Å²) >= 11 is 12.0. The minimum Gasteiger partial charge on any atom is -0.497 e. The Morgan fingerprint density at radius 1 is 1.00 bits per heavy atom. The van der Waals surface area contributed by atoms with E-state index < -0.39 is 0 Å². The number of halogens is 2. The normalized spacial score (nSPS) is 10.7. The summed E-state index contributed by atoms with van der Waals surface area (Å²) in [6.45, 7) is 0. The number of rotatable bonds is 3. The molecule has 0 aliphatic heterocycles. The highest BCUT2D eigenvalue weighted by Crippen LogP contribution is 2.28. The van der Waals surface area contributed by atoms with Crippen LogP contribution in [0.4, 0.5) is 5.82 Å². The van der Waals surface area contributed by atoms with Crippen molar-refractivity contribution in [2.75, 3.05) is 12.8 Å². The molecule has 0 fully saturated rings. The fraction of sp³-hybridized carbons (Fsp3) is 0.0625. The van der Waals surface area contributed by atoms with Gasteiger partial charge in [0.05, 0.1) is 28.5 Å². The third-order valence-corrected chi connectivity index (χ3v) is 4.01. The van der Waals surface area contributed by atoms with Crippen molar-refractivity contribution in [1.82, 2.24) is 9.78 Å². The van der Waals surface area contributed by atoms with Crippen LogP contribution in [0.5, 0.6) is 5.75 Å². The predicted octanol–water partition coefficient (Wildman–Crippen LogP) is 4.44. The maximum atomic E-state index is 6.05. The molecule has 0 bridgehead atoms. The van der Waals surface area contributed by atoms with Gasteiger partial charge in [0.1, 0.15) is 11.6 Å². The molecule has 112 valence electrons. The molecule has 0 amide bonds. The van der Waals surface area contributed by atoms with Gasteiger partial charge in [-0.05, 0) is 42.5 Å². The minimum atomic E-state index is 0.458. The van der Waals surface area contributed by atoms with E-state index in [0.717, 1.165) is 22.7 Å². The number of nitrogen functional groups attached to an aromatic ring is 1. The van der Waals surface area contributed by atoms with Crippen LogP contribution in [0.25, 0.3) is 16.9 Å². The molecule has 1 heterocycles. The average molecular weight is 334 g/mol. The van der Waals surface area contributed by atoms with Gasteiger partial charge in [-0.15, -0.1) is 0 Å². The van der Waals surface area contributed by atoms with E-state index in [1.54, 1.807) is 23.9 Å². The molecular weight excluding hydrogens is 321 g/mol. The molecule has 0 radical (unpaired) electrons. The lowest BCUT2D eigenvalue weighted by atomic mass is 10.1. The van der Waals surface area contributed by atoms with Gasteiger partial charge in [0.2, 0.25) is 0 Å². The van der Waals surface area contributed by atoms with E-state index in [1.165, 1.54) is 0 Å². The van der Waals surface area contributed by atoms with Crippen LogP contribution >= 0.6 is 23.2 Å². The van der Waals surface area contributed by atoms with Gasteiger partial charge in [-0.1, -0.05) is 23.2 Å². The number of benzene rings is 2. The van der Waals surface area contributed by atoms with Gasteiger partial charge in [0.15, 0.2) is 0 Å². The summed E-state index contributed by atoms with van der Waals surface area (Å²) in [6, 6.07) is 14.7. The van der Waals surface area contributed by atoms with Crippen LogP contribution in [-0.2, 0) is 0 Å². The standard InChI is InChI=1S/C16H13Cl2N3O/c1-22-12-5-2-10(3-6-12)15-9-16(19)21(20-15)11-4-7-13(17)14(18)8-11/h2-9H,19H2,1H3. The largest absolute Gasteiger partial charge is 0.497 e. The molecule has 0 spiro atoms. The van der Waals surface area contributed by atoms with Crippen LogP contribution in [-0.4, -0.2) is 16.9 Å². The zero-order valence-electron chi connectivity index (χ0n) is 11.8. The Morgan fingerprint density at radius 3 is 2.36 bits per heavy atom. The number of methoxy groups -OCH3 is 1. The van der Waals surface area contributed by atoms with Gasteiger partial charge in [0.25, 0.3) is 0 Å². The molecule has 6 heteroatoms. The smallest absolute Gasteiger partial charge is 0.127 e. The Hall–Kier alpha value is -2.17. The lowest BCUT2D eigenvalue weighted by molar-refractivity contribution is 0.415. The molecule has 0 unspecified atom stereocenters. The van der Waals surface area contributed by atoms with Crippen LogP contribution in [0.2, 0.25) is 10.0 Å². The molecule has 22 heavy (non-hydrogen) atoms. The number of anilines is 1. The summed E-state index contributed by atoms with van der Waals surface area (Å²) in [5.41, 5.74) is 8.53. The average Bonchev–Trinajstić information content (AvgIpc) is 2.92. The SMILES string of the molecule is COc1ccc(-c2cc(N)n(-c3ccc(Cl)c(Cl)c3)n2)cc1. The Labute approximate surface area is 138 Å². The van der Waals surface area contributed by atoms with E-state index in [2.05, 4.69) is 5.10 Å². The van der Waals surface area contributed by atoms with E-state index in [-0.39, 0.29) is 0 Å². The van der Waals surface area contributed by atoms with Crippen molar-refractivity contribution in [2.45, 2.75) is 0 Å². The second kappa shape index (κ2) is 5.91. The van der Waals surface area contributed by atoms with Crippen molar-refractivity contribution in [3.05, 3.63) is 58.6 Å². The summed E-state index contributed by atoms with van der Waals surface area (Å²) in [5, 5.41) is 5.48.